The second-order valence-corrected chi connectivity index (χ2v) is 4.83. The van der Waals surface area contributed by atoms with E-state index in [0.717, 1.165) is 30.6 Å². The summed E-state index contributed by atoms with van der Waals surface area (Å²) >= 11 is 12.1. The van der Waals surface area contributed by atoms with Crippen molar-refractivity contribution in [2.24, 2.45) is 5.73 Å². The van der Waals surface area contributed by atoms with Gasteiger partial charge in [0.1, 0.15) is 10.8 Å². The van der Waals surface area contributed by atoms with Gasteiger partial charge in [-0.25, -0.2) is 0 Å². The van der Waals surface area contributed by atoms with Gasteiger partial charge in [-0.15, -0.1) is 0 Å². The molecule has 16 heavy (non-hydrogen) atoms. The Kier molecular flexibility index (Phi) is 3.95. The van der Waals surface area contributed by atoms with Crippen LogP contribution >= 0.6 is 23.2 Å². The van der Waals surface area contributed by atoms with Crippen LogP contribution in [0.15, 0.2) is 12.1 Å². The van der Waals surface area contributed by atoms with Crippen molar-refractivity contribution in [3.63, 3.8) is 0 Å². The highest BCUT2D eigenvalue weighted by molar-refractivity contribution is 6.43. The lowest BCUT2D eigenvalue weighted by atomic mass is 9.91. The number of fused-ring (bicyclic) bond motifs is 1. The minimum atomic E-state index is 0.442. The van der Waals surface area contributed by atoms with Crippen molar-refractivity contribution >= 4 is 23.2 Å². The van der Waals surface area contributed by atoms with Crippen molar-refractivity contribution in [3.8, 4) is 5.75 Å². The summed E-state index contributed by atoms with van der Waals surface area (Å²) < 4.78 is 5.68. The molecule has 0 aliphatic carbocycles. The van der Waals surface area contributed by atoms with Crippen LogP contribution < -0.4 is 10.5 Å². The molecule has 1 aromatic carbocycles. The fraction of sp³-hybridized carbons (Fsp3) is 0.500. The monoisotopic (exact) mass is 259 g/mol. The largest absolute Gasteiger partial charge is 0.492 e. The minimum Gasteiger partial charge on any atom is -0.492 e. The molecule has 2 rings (SSSR count). The Labute approximate surface area is 106 Å². The van der Waals surface area contributed by atoms with Gasteiger partial charge in [0, 0.05) is 0 Å². The van der Waals surface area contributed by atoms with E-state index in [4.69, 9.17) is 33.7 Å². The lowest BCUT2D eigenvalue weighted by molar-refractivity contribution is 0.316. The van der Waals surface area contributed by atoms with E-state index in [2.05, 4.69) is 0 Å². The lowest BCUT2D eigenvalue weighted by Gasteiger charge is -2.16. The fourth-order valence-electron chi connectivity index (χ4n) is 2.18. The predicted octanol–water partition coefficient (Wildman–Crippen LogP) is 3.60. The SMILES string of the molecule is NCCC1CCCOc2c1ccc(Cl)c2Cl. The molecule has 2 nitrogen and oxygen atoms in total. The van der Waals surface area contributed by atoms with Crippen LogP contribution in [0.1, 0.15) is 30.7 Å². The van der Waals surface area contributed by atoms with Gasteiger partial charge >= 0.3 is 0 Å². The number of rotatable bonds is 2. The maximum absolute atomic E-state index is 6.16. The quantitative estimate of drug-likeness (QED) is 0.881. The lowest BCUT2D eigenvalue weighted by Crippen LogP contribution is -2.07. The number of hydrogen-bond donors (Lipinski definition) is 1. The summed E-state index contributed by atoms with van der Waals surface area (Å²) in [5.74, 6) is 1.20. The summed E-state index contributed by atoms with van der Waals surface area (Å²) in [4.78, 5) is 0. The zero-order valence-corrected chi connectivity index (χ0v) is 10.5. The van der Waals surface area contributed by atoms with Crippen LogP contribution in [0.25, 0.3) is 0 Å². The molecular formula is C12H15Cl2NO. The molecule has 4 heteroatoms. The minimum absolute atomic E-state index is 0.442. The van der Waals surface area contributed by atoms with Crippen molar-refractivity contribution in [3.05, 3.63) is 27.7 Å². The molecule has 1 atom stereocenters. The first-order valence-electron chi connectivity index (χ1n) is 5.54. The Morgan fingerprint density at radius 3 is 2.94 bits per heavy atom. The summed E-state index contributed by atoms with van der Waals surface area (Å²) in [5, 5.41) is 1.08. The number of nitrogens with two attached hydrogens (primary N) is 1. The van der Waals surface area contributed by atoms with Crippen LogP contribution in [-0.2, 0) is 0 Å². The highest BCUT2D eigenvalue weighted by atomic mass is 35.5. The van der Waals surface area contributed by atoms with Crippen LogP contribution in [-0.4, -0.2) is 13.2 Å². The van der Waals surface area contributed by atoms with Crippen LogP contribution in [0.3, 0.4) is 0 Å². The Hall–Kier alpha value is -0.440. The molecule has 0 spiro atoms. The van der Waals surface area contributed by atoms with Crippen LogP contribution in [0.5, 0.6) is 5.75 Å². The summed E-state index contributed by atoms with van der Waals surface area (Å²) in [6.45, 7) is 1.39. The van der Waals surface area contributed by atoms with Gasteiger partial charge in [-0.05, 0) is 43.4 Å². The van der Waals surface area contributed by atoms with E-state index in [-0.39, 0.29) is 0 Å². The molecule has 0 amide bonds. The topological polar surface area (TPSA) is 35.2 Å². The van der Waals surface area contributed by atoms with Gasteiger partial charge in [-0.3, -0.25) is 0 Å². The Morgan fingerprint density at radius 2 is 2.19 bits per heavy atom. The molecule has 1 unspecified atom stereocenters. The molecule has 88 valence electrons. The van der Waals surface area contributed by atoms with E-state index in [9.17, 15) is 0 Å². The second kappa shape index (κ2) is 5.26. The average molecular weight is 260 g/mol. The molecule has 0 saturated heterocycles. The molecular weight excluding hydrogens is 245 g/mol. The fourth-order valence-corrected chi connectivity index (χ4v) is 2.55. The summed E-state index contributed by atoms with van der Waals surface area (Å²) in [7, 11) is 0. The summed E-state index contributed by atoms with van der Waals surface area (Å²) in [6, 6.07) is 3.84. The first-order chi connectivity index (χ1) is 7.74. The number of benzene rings is 1. The molecule has 0 saturated carbocycles. The second-order valence-electron chi connectivity index (χ2n) is 4.04. The van der Waals surface area contributed by atoms with Gasteiger partial charge in [-0.1, -0.05) is 29.3 Å². The molecule has 1 aromatic rings. The van der Waals surface area contributed by atoms with Gasteiger partial charge < -0.3 is 10.5 Å². The van der Waals surface area contributed by atoms with E-state index in [1.165, 1.54) is 0 Å². The van der Waals surface area contributed by atoms with Crippen LogP contribution in [0.2, 0.25) is 10.0 Å². The van der Waals surface area contributed by atoms with E-state index >= 15 is 0 Å². The van der Waals surface area contributed by atoms with E-state index in [1.54, 1.807) is 0 Å². The van der Waals surface area contributed by atoms with Crippen molar-refractivity contribution in [2.75, 3.05) is 13.2 Å². The Bertz CT molecular complexity index is 382. The normalized spacial score (nSPS) is 19.8. The molecule has 1 heterocycles. The highest BCUT2D eigenvalue weighted by Gasteiger charge is 2.22. The predicted molar refractivity (Wildman–Crippen MR) is 67.6 cm³/mol. The van der Waals surface area contributed by atoms with Gasteiger partial charge in [0.25, 0.3) is 0 Å². The zero-order valence-electron chi connectivity index (χ0n) is 9.01. The highest BCUT2D eigenvalue weighted by Crippen LogP contribution is 2.42. The maximum Gasteiger partial charge on any atom is 0.142 e. The van der Waals surface area contributed by atoms with Crippen molar-refractivity contribution in [1.29, 1.82) is 0 Å². The van der Waals surface area contributed by atoms with Gasteiger partial charge in [0.15, 0.2) is 0 Å². The Morgan fingerprint density at radius 1 is 1.38 bits per heavy atom. The van der Waals surface area contributed by atoms with E-state index in [1.807, 2.05) is 12.1 Å². The van der Waals surface area contributed by atoms with Gasteiger partial charge in [0.05, 0.1) is 11.6 Å². The van der Waals surface area contributed by atoms with Crippen molar-refractivity contribution < 1.29 is 4.74 Å². The van der Waals surface area contributed by atoms with Crippen LogP contribution in [0.4, 0.5) is 0 Å². The molecule has 0 aromatic heterocycles. The third-order valence-corrected chi connectivity index (χ3v) is 3.77. The van der Waals surface area contributed by atoms with Crippen LogP contribution in [0, 0.1) is 0 Å². The number of ether oxygens (including phenoxy) is 1. The van der Waals surface area contributed by atoms with Crippen molar-refractivity contribution in [2.45, 2.75) is 25.2 Å². The molecule has 0 radical (unpaired) electrons. The molecule has 1 aliphatic rings. The molecule has 1 aliphatic heterocycles. The molecule has 0 fully saturated rings. The Balaban J connectivity index is 2.42. The van der Waals surface area contributed by atoms with Crippen molar-refractivity contribution in [1.82, 2.24) is 0 Å². The first kappa shape index (κ1) is 12.0. The number of hydrogen-bond acceptors (Lipinski definition) is 2. The van der Waals surface area contributed by atoms with E-state index in [0.29, 0.717) is 29.1 Å². The van der Waals surface area contributed by atoms with Gasteiger partial charge in [-0.2, -0.15) is 0 Å². The molecule has 2 N–H and O–H groups in total. The average Bonchev–Trinajstić information content (AvgIpc) is 2.48. The first-order valence-corrected chi connectivity index (χ1v) is 6.30. The summed E-state index contributed by atoms with van der Waals surface area (Å²) in [5.41, 5.74) is 6.79. The third kappa shape index (κ3) is 2.29. The maximum atomic E-state index is 6.16. The van der Waals surface area contributed by atoms with E-state index < -0.39 is 0 Å². The third-order valence-electron chi connectivity index (χ3n) is 2.98. The van der Waals surface area contributed by atoms with Gasteiger partial charge in [0.2, 0.25) is 0 Å². The smallest absolute Gasteiger partial charge is 0.142 e. The molecule has 0 bridgehead atoms. The standard InChI is InChI=1S/C12H15Cl2NO/c13-10-4-3-9-8(5-6-15)2-1-7-16-12(9)11(10)14/h3-4,8H,1-2,5-7,15H2. The summed E-state index contributed by atoms with van der Waals surface area (Å²) in [6.07, 6.45) is 3.10. The zero-order chi connectivity index (χ0) is 11.5. The number of halogens is 2.